The molecule has 0 spiro atoms. The average Bonchev–Trinajstić information content (AvgIpc) is 3.32. The van der Waals surface area contributed by atoms with Crippen LogP contribution in [-0.2, 0) is 6.18 Å². The van der Waals surface area contributed by atoms with E-state index in [1.807, 2.05) is 36.7 Å². The maximum atomic E-state index is 13.3. The number of amides is 1. The highest BCUT2D eigenvalue weighted by Gasteiger charge is 2.35. The number of anilines is 2. The van der Waals surface area contributed by atoms with Crippen molar-refractivity contribution in [3.8, 4) is 5.75 Å². The van der Waals surface area contributed by atoms with Crippen molar-refractivity contribution in [1.82, 2.24) is 10.3 Å². The molecule has 0 unspecified atom stereocenters. The van der Waals surface area contributed by atoms with Gasteiger partial charge < -0.3 is 19.9 Å². The third-order valence-corrected chi connectivity index (χ3v) is 6.55. The number of nitrogens with zero attached hydrogens (tertiary/aromatic N) is 3. The van der Waals surface area contributed by atoms with Crippen LogP contribution < -0.4 is 19.9 Å². The summed E-state index contributed by atoms with van der Waals surface area (Å²) in [5.74, 6) is 0.241. The van der Waals surface area contributed by atoms with E-state index in [0.717, 1.165) is 23.9 Å². The van der Waals surface area contributed by atoms with Crippen molar-refractivity contribution in [2.75, 3.05) is 43.5 Å². The SMILES string of the molecule is CNCC[C@H](Oc1cccc(N2CCN(C)c3nc(C(F)(F)F)ccc3C2=O)c1)c1cccs1. The molecular weight excluding hydrogens is 465 g/mol. The summed E-state index contributed by atoms with van der Waals surface area (Å²) in [6.45, 7) is 1.41. The number of likely N-dealkylation sites (N-methyl/N-ethyl adjacent to an activating group) is 1. The molecule has 2 aromatic heterocycles. The number of carbonyl (C=O) groups excluding carboxylic acids is 1. The lowest BCUT2D eigenvalue weighted by atomic mass is 10.1. The van der Waals surface area contributed by atoms with Gasteiger partial charge in [-0.1, -0.05) is 12.1 Å². The van der Waals surface area contributed by atoms with Gasteiger partial charge >= 0.3 is 6.18 Å². The molecule has 180 valence electrons. The van der Waals surface area contributed by atoms with Crippen molar-refractivity contribution >= 4 is 28.7 Å². The van der Waals surface area contributed by atoms with Crippen LogP contribution in [0.1, 0.15) is 33.5 Å². The van der Waals surface area contributed by atoms with Gasteiger partial charge in [0.1, 0.15) is 23.4 Å². The predicted molar refractivity (Wildman–Crippen MR) is 127 cm³/mol. The molecule has 34 heavy (non-hydrogen) atoms. The van der Waals surface area contributed by atoms with Crippen molar-refractivity contribution in [3.05, 3.63) is 70.0 Å². The van der Waals surface area contributed by atoms with Gasteiger partial charge in [-0.05, 0) is 49.3 Å². The number of carbonyl (C=O) groups is 1. The Morgan fingerprint density at radius 1 is 1.18 bits per heavy atom. The normalized spacial score (nSPS) is 15.1. The van der Waals surface area contributed by atoms with E-state index in [4.69, 9.17) is 4.74 Å². The highest BCUT2D eigenvalue weighted by atomic mass is 32.1. The summed E-state index contributed by atoms with van der Waals surface area (Å²) in [5, 5.41) is 5.14. The Balaban J connectivity index is 1.61. The third-order valence-electron chi connectivity index (χ3n) is 5.59. The molecule has 4 rings (SSSR count). The zero-order valence-electron chi connectivity index (χ0n) is 18.8. The van der Waals surface area contributed by atoms with E-state index >= 15 is 0 Å². The first-order valence-corrected chi connectivity index (χ1v) is 11.7. The Morgan fingerprint density at radius 2 is 2.00 bits per heavy atom. The summed E-state index contributed by atoms with van der Waals surface area (Å²) >= 11 is 1.62. The molecule has 0 aliphatic carbocycles. The van der Waals surface area contributed by atoms with Gasteiger partial charge in [0.2, 0.25) is 0 Å². The molecule has 1 aliphatic heterocycles. The number of pyridine rings is 1. The Morgan fingerprint density at radius 3 is 2.71 bits per heavy atom. The van der Waals surface area contributed by atoms with Crippen LogP contribution in [0.2, 0.25) is 0 Å². The second kappa shape index (κ2) is 10.0. The summed E-state index contributed by atoms with van der Waals surface area (Å²) in [7, 11) is 3.52. The van der Waals surface area contributed by atoms with Crippen LogP contribution in [-0.4, -0.2) is 44.6 Å². The highest BCUT2D eigenvalue weighted by molar-refractivity contribution is 7.10. The lowest BCUT2D eigenvalue weighted by Crippen LogP contribution is -2.33. The molecule has 1 aliphatic rings. The number of nitrogens with one attached hydrogen (secondary N) is 1. The lowest BCUT2D eigenvalue weighted by molar-refractivity contribution is -0.141. The molecule has 1 atom stereocenters. The van der Waals surface area contributed by atoms with Gasteiger partial charge in [0.25, 0.3) is 5.91 Å². The zero-order valence-corrected chi connectivity index (χ0v) is 19.6. The van der Waals surface area contributed by atoms with Crippen molar-refractivity contribution in [2.45, 2.75) is 18.7 Å². The number of thiophene rings is 1. The number of fused-ring (bicyclic) bond motifs is 1. The average molecular weight is 491 g/mol. The van der Waals surface area contributed by atoms with Crippen LogP contribution in [0.3, 0.4) is 0 Å². The molecule has 3 aromatic rings. The minimum absolute atomic E-state index is 0.0274. The Labute approximate surface area is 200 Å². The van der Waals surface area contributed by atoms with Gasteiger partial charge in [0, 0.05) is 43.2 Å². The van der Waals surface area contributed by atoms with Gasteiger partial charge in [-0.3, -0.25) is 4.79 Å². The highest BCUT2D eigenvalue weighted by Crippen LogP contribution is 2.34. The predicted octanol–water partition coefficient (Wildman–Crippen LogP) is 4.99. The molecule has 0 saturated carbocycles. The summed E-state index contributed by atoms with van der Waals surface area (Å²) in [5.41, 5.74) is -0.275. The summed E-state index contributed by atoms with van der Waals surface area (Å²) < 4.78 is 45.8. The second-order valence-corrected chi connectivity index (χ2v) is 8.93. The van der Waals surface area contributed by atoms with Crippen molar-refractivity contribution < 1.29 is 22.7 Å². The first-order valence-electron chi connectivity index (χ1n) is 10.8. The van der Waals surface area contributed by atoms with Gasteiger partial charge in [0.15, 0.2) is 0 Å². The van der Waals surface area contributed by atoms with E-state index in [0.29, 0.717) is 24.5 Å². The zero-order chi connectivity index (χ0) is 24.3. The number of alkyl halides is 3. The lowest BCUT2D eigenvalue weighted by Gasteiger charge is -2.23. The fourth-order valence-electron chi connectivity index (χ4n) is 3.81. The van der Waals surface area contributed by atoms with Crippen LogP contribution in [0, 0.1) is 0 Å². The second-order valence-electron chi connectivity index (χ2n) is 7.96. The molecule has 0 radical (unpaired) electrons. The molecule has 6 nitrogen and oxygen atoms in total. The maximum Gasteiger partial charge on any atom is 0.433 e. The van der Waals surface area contributed by atoms with Gasteiger partial charge in [-0.2, -0.15) is 13.2 Å². The number of hydrogen-bond acceptors (Lipinski definition) is 6. The van der Waals surface area contributed by atoms with Crippen molar-refractivity contribution in [2.24, 2.45) is 0 Å². The van der Waals surface area contributed by atoms with E-state index in [1.165, 1.54) is 6.07 Å². The third kappa shape index (κ3) is 5.18. The van der Waals surface area contributed by atoms with Crippen molar-refractivity contribution in [1.29, 1.82) is 0 Å². The van der Waals surface area contributed by atoms with E-state index in [9.17, 15) is 18.0 Å². The van der Waals surface area contributed by atoms with Crippen LogP contribution in [0.15, 0.2) is 53.9 Å². The number of ether oxygens (including phenoxy) is 1. The first kappa shape index (κ1) is 24.0. The number of benzene rings is 1. The molecule has 0 bridgehead atoms. The molecule has 3 heterocycles. The number of halogens is 3. The monoisotopic (exact) mass is 490 g/mol. The molecule has 0 fully saturated rings. The minimum atomic E-state index is -4.58. The number of aromatic nitrogens is 1. The van der Waals surface area contributed by atoms with Crippen molar-refractivity contribution in [3.63, 3.8) is 0 Å². The van der Waals surface area contributed by atoms with Crippen LogP contribution >= 0.6 is 11.3 Å². The molecule has 1 N–H and O–H groups in total. The van der Waals surface area contributed by atoms with Crippen LogP contribution in [0.4, 0.5) is 24.7 Å². The van der Waals surface area contributed by atoms with Gasteiger partial charge in [0.05, 0.1) is 5.56 Å². The summed E-state index contributed by atoms with van der Waals surface area (Å²) in [4.78, 5) is 21.3. The summed E-state index contributed by atoms with van der Waals surface area (Å²) in [6, 6.07) is 13.3. The molecule has 1 aromatic carbocycles. The molecular formula is C24H25F3N4O2S. The van der Waals surface area contributed by atoms with E-state index in [2.05, 4.69) is 10.3 Å². The fraction of sp³-hybridized carbons (Fsp3) is 0.333. The standard InChI is InChI=1S/C24H25F3N4O2S/c1-28-11-10-19(20-7-4-14-34-20)33-17-6-3-5-16(15-17)31-13-12-30(2)22-18(23(31)32)8-9-21(29-22)24(25,26)27/h3-9,14-15,19,28H,10-13H2,1-2H3/t19-/m0/s1. The van der Waals surface area contributed by atoms with E-state index in [1.54, 1.807) is 40.3 Å². The maximum absolute atomic E-state index is 13.3. The Kier molecular flexibility index (Phi) is 7.08. The van der Waals surface area contributed by atoms with Gasteiger partial charge in [-0.25, -0.2) is 4.98 Å². The van der Waals surface area contributed by atoms with Crippen LogP contribution in [0.5, 0.6) is 5.75 Å². The Hall–Kier alpha value is -3.11. The van der Waals surface area contributed by atoms with E-state index < -0.39 is 17.8 Å². The molecule has 0 saturated heterocycles. The first-order chi connectivity index (χ1) is 16.3. The van der Waals surface area contributed by atoms with Gasteiger partial charge in [-0.15, -0.1) is 11.3 Å². The Bertz CT molecular complexity index is 1140. The fourth-order valence-corrected chi connectivity index (χ4v) is 4.60. The molecule has 1 amide bonds. The minimum Gasteiger partial charge on any atom is -0.485 e. The quantitative estimate of drug-likeness (QED) is 0.506. The molecule has 10 heteroatoms. The number of rotatable bonds is 7. The van der Waals surface area contributed by atoms with E-state index in [-0.39, 0.29) is 17.5 Å². The van der Waals surface area contributed by atoms with Crippen LogP contribution in [0.25, 0.3) is 0 Å². The number of hydrogen-bond donors (Lipinski definition) is 1. The largest absolute Gasteiger partial charge is 0.485 e. The topological polar surface area (TPSA) is 57.7 Å². The summed E-state index contributed by atoms with van der Waals surface area (Å²) in [6.07, 6.45) is -3.95. The smallest absolute Gasteiger partial charge is 0.433 e.